The highest BCUT2D eigenvalue weighted by Crippen LogP contribution is 2.39. The molecule has 2 N–H and O–H groups in total. The van der Waals surface area contributed by atoms with Gasteiger partial charge in [-0.05, 0) is 61.9 Å². The fourth-order valence-corrected chi connectivity index (χ4v) is 5.07. The largest absolute Gasteiger partial charge is 0.350 e. The maximum atomic E-state index is 13.8. The van der Waals surface area contributed by atoms with Gasteiger partial charge in [-0.2, -0.15) is 0 Å². The topological polar surface area (TPSA) is 96.3 Å². The number of carbonyl (C=O) groups is 3. The Morgan fingerprint density at radius 2 is 1.89 bits per heavy atom. The molecule has 0 radical (unpaired) electrons. The maximum absolute atomic E-state index is 13.8. The minimum absolute atomic E-state index is 0.0507. The molecule has 3 amide bonds. The first-order valence-corrected chi connectivity index (χ1v) is 12.5. The van der Waals surface area contributed by atoms with Crippen molar-refractivity contribution >= 4 is 23.4 Å². The van der Waals surface area contributed by atoms with Gasteiger partial charge in [0.2, 0.25) is 5.91 Å². The fraction of sp³-hybridized carbons (Fsp3) is 0.357. The van der Waals surface area contributed by atoms with Gasteiger partial charge < -0.3 is 20.1 Å². The number of aryl methyl sites for hydroxylation is 2. The van der Waals surface area contributed by atoms with E-state index in [1.165, 1.54) is 18.5 Å². The van der Waals surface area contributed by atoms with E-state index < -0.39 is 11.4 Å². The summed E-state index contributed by atoms with van der Waals surface area (Å²) in [7, 11) is 0. The molecule has 1 atom stereocenters. The zero-order valence-electron chi connectivity index (χ0n) is 21.2. The fourth-order valence-electron chi connectivity index (χ4n) is 5.07. The number of amides is 3. The lowest BCUT2D eigenvalue weighted by molar-refractivity contribution is -0.133. The Hall–Kier alpha value is -4.01. The van der Waals surface area contributed by atoms with Crippen LogP contribution in [0.25, 0.3) is 0 Å². The number of hydrogen-bond acceptors (Lipinski definition) is 4. The molecule has 37 heavy (non-hydrogen) atoms. The van der Waals surface area contributed by atoms with Crippen LogP contribution >= 0.6 is 0 Å². The van der Waals surface area contributed by atoms with E-state index in [1.807, 2.05) is 32.0 Å². The second-order valence-electron chi connectivity index (χ2n) is 9.98. The second kappa shape index (κ2) is 9.46. The molecule has 192 valence electrons. The first-order valence-electron chi connectivity index (χ1n) is 12.5. The van der Waals surface area contributed by atoms with Crippen molar-refractivity contribution in [3.63, 3.8) is 0 Å². The third-order valence-corrected chi connectivity index (χ3v) is 7.23. The molecule has 1 fully saturated rings. The average Bonchev–Trinajstić information content (AvgIpc) is 3.62. The number of anilines is 1. The smallest absolute Gasteiger partial charge is 0.276 e. The molecule has 2 aromatic carbocycles. The monoisotopic (exact) mass is 503 g/mol. The molecule has 8 nitrogen and oxygen atoms in total. The van der Waals surface area contributed by atoms with E-state index in [0.29, 0.717) is 0 Å². The number of halogens is 1. The molecule has 1 aliphatic carbocycles. The summed E-state index contributed by atoms with van der Waals surface area (Å²) in [4.78, 5) is 46.5. The third kappa shape index (κ3) is 4.50. The lowest BCUT2D eigenvalue weighted by Gasteiger charge is -2.44. The summed E-state index contributed by atoms with van der Waals surface area (Å²) in [5.74, 6) is -1.49. The normalized spacial score (nSPS) is 18.9. The van der Waals surface area contributed by atoms with Gasteiger partial charge in [0.15, 0.2) is 5.69 Å². The molecule has 3 aromatic rings. The zero-order valence-corrected chi connectivity index (χ0v) is 21.2. The first kappa shape index (κ1) is 24.7. The van der Waals surface area contributed by atoms with Crippen molar-refractivity contribution in [1.29, 1.82) is 0 Å². The highest BCUT2D eigenvalue weighted by molar-refractivity contribution is 6.12. The number of para-hydroxylation sites is 1. The van der Waals surface area contributed by atoms with Crippen molar-refractivity contribution in [2.24, 2.45) is 0 Å². The molecule has 9 heteroatoms. The predicted octanol–water partition coefficient (Wildman–Crippen LogP) is 3.84. The Morgan fingerprint density at radius 3 is 2.57 bits per heavy atom. The van der Waals surface area contributed by atoms with E-state index >= 15 is 0 Å². The zero-order chi connectivity index (χ0) is 26.3. The van der Waals surface area contributed by atoms with E-state index in [0.717, 1.165) is 41.6 Å². The average molecular weight is 504 g/mol. The number of carbonyl (C=O) groups excluding carboxylic acids is 3. The molecule has 2 aliphatic rings. The van der Waals surface area contributed by atoms with Crippen molar-refractivity contribution < 1.29 is 18.8 Å². The Kier molecular flexibility index (Phi) is 6.31. The second-order valence-corrected chi connectivity index (χ2v) is 9.98. The van der Waals surface area contributed by atoms with Gasteiger partial charge in [-0.25, -0.2) is 9.37 Å². The molecule has 1 saturated carbocycles. The molecule has 2 heterocycles. The van der Waals surface area contributed by atoms with Gasteiger partial charge in [0.25, 0.3) is 11.8 Å². The van der Waals surface area contributed by atoms with Crippen LogP contribution in [0.15, 0.2) is 48.8 Å². The lowest BCUT2D eigenvalue weighted by atomic mass is 9.93. The van der Waals surface area contributed by atoms with Crippen LogP contribution in [0.2, 0.25) is 0 Å². The van der Waals surface area contributed by atoms with Crippen LogP contribution in [0.5, 0.6) is 0 Å². The molecule has 0 saturated heterocycles. The van der Waals surface area contributed by atoms with Crippen LogP contribution in [0.1, 0.15) is 64.4 Å². The quantitative estimate of drug-likeness (QED) is 0.512. The number of nitrogens with zero attached hydrogens (tertiary/aromatic N) is 3. The van der Waals surface area contributed by atoms with Crippen LogP contribution in [0, 0.1) is 12.7 Å². The van der Waals surface area contributed by atoms with Crippen LogP contribution in [-0.2, 0) is 24.3 Å². The number of rotatable bonds is 7. The minimum atomic E-state index is -1.16. The van der Waals surface area contributed by atoms with Crippen molar-refractivity contribution in [3.05, 3.63) is 82.7 Å². The van der Waals surface area contributed by atoms with Crippen LogP contribution in [0.3, 0.4) is 0 Å². The van der Waals surface area contributed by atoms with Gasteiger partial charge in [0.05, 0.1) is 12.9 Å². The Labute approximate surface area is 214 Å². The minimum Gasteiger partial charge on any atom is -0.350 e. The number of imidazole rings is 1. The van der Waals surface area contributed by atoms with Gasteiger partial charge >= 0.3 is 0 Å². The van der Waals surface area contributed by atoms with E-state index in [4.69, 9.17) is 0 Å². The van der Waals surface area contributed by atoms with Crippen LogP contribution < -0.4 is 10.6 Å². The Balaban J connectivity index is 1.42. The van der Waals surface area contributed by atoms with Crippen molar-refractivity contribution in [2.75, 3.05) is 5.32 Å². The molecular formula is C28H30FN5O3. The van der Waals surface area contributed by atoms with Crippen LogP contribution in [0.4, 0.5) is 10.1 Å². The standard InChI is InChI=1S/C28H30FN5O3/c1-4-19-7-5-6-17(2)22(19)32-25(35)23-24-26(36)34(21-12-13-21)28(3,15-33(24)16-31-23)27(37)30-14-18-8-10-20(29)11-9-18/h5-11,16,21H,4,12-15H2,1-3H3,(H,30,37)(H,32,35)/t28-/m1/s1. The van der Waals surface area contributed by atoms with Crippen LogP contribution in [-0.4, -0.2) is 43.8 Å². The van der Waals surface area contributed by atoms with Gasteiger partial charge in [0, 0.05) is 18.3 Å². The number of benzene rings is 2. The number of aromatic nitrogens is 2. The molecule has 0 unspecified atom stereocenters. The highest BCUT2D eigenvalue weighted by Gasteiger charge is 2.53. The Bertz CT molecular complexity index is 1380. The summed E-state index contributed by atoms with van der Waals surface area (Å²) < 4.78 is 14.8. The van der Waals surface area contributed by atoms with Crippen molar-refractivity contribution in [2.45, 2.75) is 64.7 Å². The molecule has 0 spiro atoms. The van der Waals surface area contributed by atoms with Gasteiger partial charge in [0.1, 0.15) is 17.1 Å². The summed E-state index contributed by atoms with van der Waals surface area (Å²) in [5.41, 5.74) is 2.49. The van der Waals surface area contributed by atoms with Gasteiger partial charge in [-0.3, -0.25) is 14.4 Å². The van der Waals surface area contributed by atoms with E-state index in [-0.39, 0.29) is 48.2 Å². The van der Waals surface area contributed by atoms with Gasteiger partial charge in [-0.1, -0.05) is 37.3 Å². The number of fused-ring (bicyclic) bond motifs is 1. The maximum Gasteiger partial charge on any atom is 0.276 e. The number of nitrogens with one attached hydrogen (secondary N) is 2. The molecule has 0 bridgehead atoms. The molecular weight excluding hydrogens is 473 g/mol. The summed E-state index contributed by atoms with van der Waals surface area (Å²) in [5, 5.41) is 5.86. The highest BCUT2D eigenvalue weighted by atomic mass is 19.1. The van der Waals surface area contributed by atoms with Crippen molar-refractivity contribution in [1.82, 2.24) is 19.8 Å². The molecule has 1 aromatic heterocycles. The summed E-state index contributed by atoms with van der Waals surface area (Å²) in [6.07, 6.45) is 3.80. The Morgan fingerprint density at radius 1 is 1.16 bits per heavy atom. The molecule has 5 rings (SSSR count). The van der Waals surface area contributed by atoms with E-state index in [2.05, 4.69) is 15.6 Å². The first-order chi connectivity index (χ1) is 17.7. The number of hydrogen-bond donors (Lipinski definition) is 2. The van der Waals surface area contributed by atoms with Crippen molar-refractivity contribution in [3.8, 4) is 0 Å². The van der Waals surface area contributed by atoms with E-state index in [1.54, 1.807) is 28.5 Å². The SMILES string of the molecule is CCc1cccc(C)c1NC(=O)c1ncn2c1C(=O)N(C1CC1)[C@@](C)(C(=O)NCc1ccc(F)cc1)C2. The third-order valence-electron chi connectivity index (χ3n) is 7.23. The summed E-state index contributed by atoms with van der Waals surface area (Å²) >= 11 is 0. The van der Waals surface area contributed by atoms with Gasteiger partial charge in [-0.15, -0.1) is 0 Å². The van der Waals surface area contributed by atoms with E-state index in [9.17, 15) is 18.8 Å². The summed E-state index contributed by atoms with van der Waals surface area (Å²) in [6, 6.07) is 11.7. The lowest BCUT2D eigenvalue weighted by Crippen LogP contribution is -2.64. The molecule has 1 aliphatic heterocycles. The predicted molar refractivity (Wildman–Crippen MR) is 137 cm³/mol. The summed E-state index contributed by atoms with van der Waals surface area (Å²) in [6.45, 7) is 6.06.